The van der Waals surface area contributed by atoms with Crippen molar-refractivity contribution in [3.05, 3.63) is 59.2 Å². The third-order valence-electron chi connectivity index (χ3n) is 5.38. The van der Waals surface area contributed by atoms with Crippen LogP contribution in [0, 0.1) is 6.92 Å². The van der Waals surface area contributed by atoms with Crippen LogP contribution in [0.25, 0.3) is 0 Å². The fraction of sp³-hybridized carbons (Fsp3) is 0.478. The first-order valence-corrected chi connectivity index (χ1v) is 9.93. The van der Waals surface area contributed by atoms with Gasteiger partial charge in [0.25, 0.3) is 0 Å². The molecule has 1 saturated heterocycles. The Hall–Kier alpha value is -2.04. The lowest BCUT2D eigenvalue weighted by atomic mass is 10.00. The maximum absolute atomic E-state index is 5.69. The molecule has 4 nitrogen and oxygen atoms in total. The third-order valence-corrected chi connectivity index (χ3v) is 5.38. The third kappa shape index (κ3) is 5.24. The Labute approximate surface area is 163 Å². The van der Waals surface area contributed by atoms with E-state index in [0.29, 0.717) is 0 Å². The first kappa shape index (κ1) is 19.7. The standard InChI is InChI=1S/C23H32N2O2/c1-18-8-7-9-19(14-18)16-24-17-22(25-12-5-4-6-13-25)21-15-20(26-2)10-11-23(21)27-3/h7-11,14-15,22,24H,4-6,12-13,16-17H2,1-3H3. The number of likely N-dealkylation sites (tertiary alicyclic amines) is 1. The van der Waals surface area contributed by atoms with Crippen LogP contribution in [0.4, 0.5) is 0 Å². The van der Waals surface area contributed by atoms with Crippen LogP contribution in [0.15, 0.2) is 42.5 Å². The Balaban J connectivity index is 1.78. The SMILES string of the molecule is COc1ccc(OC)c(C(CNCc2cccc(C)c2)N2CCCCC2)c1. The first-order valence-electron chi connectivity index (χ1n) is 9.93. The topological polar surface area (TPSA) is 33.7 Å². The zero-order chi connectivity index (χ0) is 19.1. The summed E-state index contributed by atoms with van der Waals surface area (Å²) < 4.78 is 11.2. The van der Waals surface area contributed by atoms with Gasteiger partial charge in [0.05, 0.1) is 20.3 Å². The normalized spacial score (nSPS) is 16.1. The molecule has 1 aliphatic rings. The number of ether oxygens (including phenoxy) is 2. The minimum absolute atomic E-state index is 0.278. The van der Waals surface area contributed by atoms with Crippen molar-refractivity contribution in [3.63, 3.8) is 0 Å². The molecule has 0 amide bonds. The van der Waals surface area contributed by atoms with Crippen LogP contribution in [0.5, 0.6) is 11.5 Å². The van der Waals surface area contributed by atoms with E-state index in [0.717, 1.165) is 37.7 Å². The molecule has 146 valence electrons. The summed E-state index contributed by atoms with van der Waals surface area (Å²) in [4.78, 5) is 2.59. The molecule has 3 rings (SSSR count). The van der Waals surface area contributed by atoms with E-state index >= 15 is 0 Å². The van der Waals surface area contributed by atoms with Crippen LogP contribution in [-0.4, -0.2) is 38.8 Å². The van der Waals surface area contributed by atoms with E-state index in [2.05, 4.69) is 47.5 Å². The molecule has 1 aliphatic heterocycles. The minimum Gasteiger partial charge on any atom is -0.497 e. The second-order valence-electron chi connectivity index (χ2n) is 7.34. The van der Waals surface area contributed by atoms with E-state index in [4.69, 9.17) is 9.47 Å². The Morgan fingerprint density at radius 3 is 2.52 bits per heavy atom. The van der Waals surface area contributed by atoms with Crippen molar-refractivity contribution in [2.75, 3.05) is 33.9 Å². The Kier molecular flexibility index (Phi) is 7.13. The highest BCUT2D eigenvalue weighted by atomic mass is 16.5. The van der Waals surface area contributed by atoms with E-state index < -0.39 is 0 Å². The van der Waals surface area contributed by atoms with Gasteiger partial charge in [-0.1, -0.05) is 36.2 Å². The van der Waals surface area contributed by atoms with Gasteiger partial charge in [0.15, 0.2) is 0 Å². The molecule has 0 saturated carbocycles. The number of methoxy groups -OCH3 is 2. The summed E-state index contributed by atoms with van der Waals surface area (Å²) in [7, 11) is 3.47. The average Bonchev–Trinajstić information content (AvgIpc) is 2.71. The highest BCUT2D eigenvalue weighted by Crippen LogP contribution is 2.34. The van der Waals surface area contributed by atoms with Gasteiger partial charge in [0, 0.05) is 18.7 Å². The van der Waals surface area contributed by atoms with Crippen molar-refractivity contribution < 1.29 is 9.47 Å². The molecule has 0 radical (unpaired) electrons. The van der Waals surface area contributed by atoms with Gasteiger partial charge in [-0.2, -0.15) is 0 Å². The quantitative estimate of drug-likeness (QED) is 0.752. The summed E-state index contributed by atoms with van der Waals surface area (Å²) in [6.07, 6.45) is 3.86. The largest absolute Gasteiger partial charge is 0.497 e. The maximum Gasteiger partial charge on any atom is 0.123 e. The number of nitrogens with one attached hydrogen (secondary N) is 1. The van der Waals surface area contributed by atoms with Crippen LogP contribution in [-0.2, 0) is 6.54 Å². The lowest BCUT2D eigenvalue weighted by molar-refractivity contribution is 0.157. The fourth-order valence-corrected chi connectivity index (χ4v) is 3.94. The molecule has 2 aromatic carbocycles. The summed E-state index contributed by atoms with van der Waals surface area (Å²) in [5.41, 5.74) is 3.83. The number of rotatable bonds is 8. The number of hydrogen-bond acceptors (Lipinski definition) is 4. The van der Waals surface area contributed by atoms with E-state index in [1.54, 1.807) is 14.2 Å². The zero-order valence-electron chi connectivity index (χ0n) is 16.8. The number of hydrogen-bond donors (Lipinski definition) is 1. The Morgan fingerprint density at radius 2 is 1.81 bits per heavy atom. The molecule has 1 N–H and O–H groups in total. The molecule has 1 heterocycles. The molecule has 27 heavy (non-hydrogen) atoms. The summed E-state index contributed by atoms with van der Waals surface area (Å²) in [6, 6.07) is 15.1. The summed E-state index contributed by atoms with van der Waals surface area (Å²) >= 11 is 0. The molecule has 0 aromatic heterocycles. The van der Waals surface area contributed by atoms with Gasteiger partial charge in [-0.3, -0.25) is 4.90 Å². The average molecular weight is 369 g/mol. The molecule has 2 aromatic rings. The summed E-state index contributed by atoms with van der Waals surface area (Å²) in [5, 5.41) is 3.68. The lowest BCUT2D eigenvalue weighted by Crippen LogP contribution is -2.39. The molecular formula is C23H32N2O2. The van der Waals surface area contributed by atoms with Crippen molar-refractivity contribution in [1.29, 1.82) is 0 Å². The van der Waals surface area contributed by atoms with E-state index in [-0.39, 0.29) is 6.04 Å². The van der Waals surface area contributed by atoms with Gasteiger partial charge < -0.3 is 14.8 Å². The second kappa shape index (κ2) is 9.77. The zero-order valence-corrected chi connectivity index (χ0v) is 16.8. The van der Waals surface area contributed by atoms with Crippen LogP contribution < -0.4 is 14.8 Å². The molecular weight excluding hydrogens is 336 g/mol. The lowest BCUT2D eigenvalue weighted by Gasteiger charge is -2.35. The highest BCUT2D eigenvalue weighted by molar-refractivity contribution is 5.42. The predicted octanol–water partition coefficient (Wildman–Crippen LogP) is 4.33. The molecule has 1 fully saturated rings. The second-order valence-corrected chi connectivity index (χ2v) is 7.34. The van der Waals surface area contributed by atoms with Gasteiger partial charge >= 0.3 is 0 Å². The highest BCUT2D eigenvalue weighted by Gasteiger charge is 2.25. The van der Waals surface area contributed by atoms with Crippen molar-refractivity contribution in [3.8, 4) is 11.5 Å². The molecule has 4 heteroatoms. The van der Waals surface area contributed by atoms with Gasteiger partial charge in [0.1, 0.15) is 11.5 Å². The number of benzene rings is 2. The van der Waals surface area contributed by atoms with Crippen LogP contribution in [0.2, 0.25) is 0 Å². The predicted molar refractivity (Wildman–Crippen MR) is 111 cm³/mol. The Bertz CT molecular complexity index is 726. The Morgan fingerprint density at radius 1 is 1.00 bits per heavy atom. The van der Waals surface area contributed by atoms with Gasteiger partial charge in [-0.15, -0.1) is 0 Å². The fourth-order valence-electron chi connectivity index (χ4n) is 3.94. The molecule has 1 unspecified atom stereocenters. The number of nitrogens with zero attached hydrogens (tertiary/aromatic N) is 1. The molecule has 0 bridgehead atoms. The molecule has 1 atom stereocenters. The van der Waals surface area contributed by atoms with Gasteiger partial charge in [0.2, 0.25) is 0 Å². The smallest absolute Gasteiger partial charge is 0.123 e. The van der Waals surface area contributed by atoms with E-state index in [1.165, 1.54) is 36.0 Å². The van der Waals surface area contributed by atoms with E-state index in [1.807, 2.05) is 12.1 Å². The molecule has 0 spiro atoms. The minimum atomic E-state index is 0.278. The van der Waals surface area contributed by atoms with Crippen molar-refractivity contribution >= 4 is 0 Å². The van der Waals surface area contributed by atoms with Crippen LogP contribution >= 0.6 is 0 Å². The van der Waals surface area contributed by atoms with Crippen LogP contribution in [0.3, 0.4) is 0 Å². The van der Waals surface area contributed by atoms with Crippen molar-refractivity contribution in [1.82, 2.24) is 10.2 Å². The summed E-state index contributed by atoms with van der Waals surface area (Å²) in [6.45, 7) is 6.17. The number of aryl methyl sites for hydroxylation is 1. The van der Waals surface area contributed by atoms with Gasteiger partial charge in [-0.25, -0.2) is 0 Å². The van der Waals surface area contributed by atoms with Crippen LogP contribution in [0.1, 0.15) is 42.0 Å². The maximum atomic E-state index is 5.69. The monoisotopic (exact) mass is 368 g/mol. The van der Waals surface area contributed by atoms with Crippen molar-refractivity contribution in [2.24, 2.45) is 0 Å². The summed E-state index contributed by atoms with van der Waals surface area (Å²) in [5.74, 6) is 1.82. The van der Waals surface area contributed by atoms with Gasteiger partial charge in [-0.05, 0) is 56.6 Å². The number of piperidine rings is 1. The van der Waals surface area contributed by atoms with Crippen molar-refractivity contribution in [2.45, 2.75) is 38.8 Å². The molecule has 0 aliphatic carbocycles. The van der Waals surface area contributed by atoms with E-state index in [9.17, 15) is 0 Å². The first-order chi connectivity index (χ1) is 13.2.